The highest BCUT2D eigenvalue weighted by Gasteiger charge is 2.51. The minimum atomic E-state index is -0.269. The summed E-state index contributed by atoms with van der Waals surface area (Å²) in [5.41, 5.74) is 1.98. The zero-order chi connectivity index (χ0) is 15.8. The predicted molar refractivity (Wildman–Crippen MR) is 95.7 cm³/mol. The van der Waals surface area contributed by atoms with Gasteiger partial charge in [-0.1, -0.05) is 37.1 Å². The van der Waals surface area contributed by atoms with Crippen LogP contribution in [0.2, 0.25) is 0 Å². The Morgan fingerprint density at radius 3 is 2.09 bits per heavy atom. The van der Waals surface area contributed by atoms with Crippen LogP contribution in [0.25, 0.3) is 0 Å². The molecule has 2 nitrogen and oxygen atoms in total. The van der Waals surface area contributed by atoms with Crippen LogP contribution in [0.4, 0.5) is 0 Å². The van der Waals surface area contributed by atoms with E-state index in [4.69, 9.17) is 9.31 Å². The molecule has 1 aromatic rings. The van der Waals surface area contributed by atoms with Gasteiger partial charge >= 0.3 is 7.12 Å². The van der Waals surface area contributed by atoms with Gasteiger partial charge in [0.25, 0.3) is 0 Å². The Morgan fingerprint density at radius 2 is 1.55 bits per heavy atom. The lowest BCUT2D eigenvalue weighted by Crippen LogP contribution is -2.41. The summed E-state index contributed by atoms with van der Waals surface area (Å²) in [5.74, 6) is 1.12. The Kier molecular flexibility index (Phi) is 4.64. The van der Waals surface area contributed by atoms with Gasteiger partial charge in [-0.25, -0.2) is 0 Å². The number of hydrogen-bond acceptors (Lipinski definition) is 3. The molecule has 0 atom stereocenters. The van der Waals surface area contributed by atoms with Gasteiger partial charge in [-0.2, -0.15) is 11.8 Å². The third-order valence-corrected chi connectivity index (χ3v) is 6.74. The summed E-state index contributed by atoms with van der Waals surface area (Å²) in [5, 5.41) is 0.878. The second kappa shape index (κ2) is 6.22. The van der Waals surface area contributed by atoms with Gasteiger partial charge in [-0.05, 0) is 51.6 Å². The molecule has 0 aromatic heterocycles. The summed E-state index contributed by atoms with van der Waals surface area (Å²) in [6, 6.07) is 8.77. The maximum atomic E-state index is 6.10. The molecule has 1 saturated heterocycles. The average Bonchev–Trinajstić information content (AvgIpc) is 3.04. The van der Waals surface area contributed by atoms with E-state index in [1.807, 2.05) is 0 Å². The second-order valence-electron chi connectivity index (χ2n) is 7.55. The maximum absolute atomic E-state index is 6.10. The summed E-state index contributed by atoms with van der Waals surface area (Å²) < 4.78 is 12.2. The Morgan fingerprint density at radius 1 is 1.00 bits per heavy atom. The fraction of sp³-hybridized carbons (Fsp3) is 0.667. The first-order valence-electron chi connectivity index (χ1n) is 8.43. The van der Waals surface area contributed by atoms with Crippen molar-refractivity contribution in [3.05, 3.63) is 29.8 Å². The lowest BCUT2D eigenvalue weighted by atomic mass is 9.79. The van der Waals surface area contributed by atoms with Gasteiger partial charge in [0.2, 0.25) is 0 Å². The molecule has 0 radical (unpaired) electrons. The van der Waals surface area contributed by atoms with Gasteiger partial charge in [0.1, 0.15) is 0 Å². The summed E-state index contributed by atoms with van der Waals surface area (Å²) >= 11 is 2.11. The van der Waals surface area contributed by atoms with Gasteiger partial charge in [0, 0.05) is 11.0 Å². The molecule has 0 N–H and O–H groups in total. The molecule has 4 heteroatoms. The van der Waals surface area contributed by atoms with Crippen LogP contribution >= 0.6 is 11.8 Å². The van der Waals surface area contributed by atoms with Gasteiger partial charge in [0.05, 0.1) is 11.2 Å². The molecule has 0 amide bonds. The summed E-state index contributed by atoms with van der Waals surface area (Å²) in [7, 11) is -0.249. The van der Waals surface area contributed by atoms with Crippen LogP contribution in [-0.2, 0) is 15.1 Å². The highest BCUT2D eigenvalue weighted by atomic mass is 32.2. The molecular weight excluding hydrogens is 291 g/mol. The van der Waals surface area contributed by atoms with Crippen molar-refractivity contribution in [2.24, 2.45) is 0 Å². The van der Waals surface area contributed by atoms with Crippen LogP contribution in [-0.4, -0.2) is 23.6 Å². The smallest absolute Gasteiger partial charge is 0.399 e. The van der Waals surface area contributed by atoms with Gasteiger partial charge in [-0.3, -0.25) is 0 Å². The molecule has 22 heavy (non-hydrogen) atoms. The Balaban J connectivity index is 1.60. The van der Waals surface area contributed by atoms with Crippen LogP contribution in [0, 0.1) is 0 Å². The van der Waals surface area contributed by atoms with Gasteiger partial charge < -0.3 is 9.31 Å². The van der Waals surface area contributed by atoms with Gasteiger partial charge in [-0.15, -0.1) is 0 Å². The number of benzene rings is 1. The van der Waals surface area contributed by atoms with Crippen molar-refractivity contribution in [3.63, 3.8) is 0 Å². The number of rotatable bonds is 4. The molecule has 0 spiro atoms. The van der Waals surface area contributed by atoms with Crippen LogP contribution in [0.15, 0.2) is 24.3 Å². The number of thioether (sulfide) groups is 1. The van der Waals surface area contributed by atoms with Crippen molar-refractivity contribution >= 4 is 24.3 Å². The van der Waals surface area contributed by atoms with E-state index in [1.54, 1.807) is 0 Å². The molecule has 1 heterocycles. The van der Waals surface area contributed by atoms with E-state index in [0.717, 1.165) is 16.5 Å². The zero-order valence-corrected chi connectivity index (χ0v) is 15.0. The highest BCUT2D eigenvalue weighted by Crippen LogP contribution is 2.36. The van der Waals surface area contributed by atoms with Crippen LogP contribution in [0.1, 0.15) is 58.9 Å². The standard InChI is InChI=1S/C18H27BO2S/c1-17(2)18(3,4)21-19(20-17)15-11-9-14(10-12-15)13-22-16-7-5-6-8-16/h9-12,16H,5-8,13H2,1-4H3. The highest BCUT2D eigenvalue weighted by molar-refractivity contribution is 7.99. The van der Waals surface area contributed by atoms with E-state index in [9.17, 15) is 0 Å². The molecule has 2 aliphatic rings. The summed E-state index contributed by atoms with van der Waals surface area (Å²) in [6.45, 7) is 8.39. The monoisotopic (exact) mass is 318 g/mol. The summed E-state index contributed by atoms with van der Waals surface area (Å²) in [6.07, 6.45) is 5.63. The Bertz CT molecular complexity index is 490. The third kappa shape index (κ3) is 3.39. The predicted octanol–water partition coefficient (Wildman–Crippen LogP) is 4.16. The minimum absolute atomic E-state index is 0.249. The SMILES string of the molecule is CC1(C)OB(c2ccc(CSC3CCCC3)cc2)OC1(C)C. The Hall–Kier alpha value is -0.445. The van der Waals surface area contributed by atoms with Crippen molar-refractivity contribution < 1.29 is 9.31 Å². The van der Waals surface area contributed by atoms with E-state index >= 15 is 0 Å². The van der Waals surface area contributed by atoms with E-state index in [1.165, 1.54) is 31.2 Å². The average molecular weight is 318 g/mol. The first-order chi connectivity index (χ1) is 10.4. The van der Waals surface area contributed by atoms with E-state index < -0.39 is 0 Å². The molecule has 2 fully saturated rings. The van der Waals surface area contributed by atoms with Crippen molar-refractivity contribution in [3.8, 4) is 0 Å². The Labute approximate surface area is 139 Å². The van der Waals surface area contributed by atoms with Crippen molar-refractivity contribution in [1.29, 1.82) is 0 Å². The van der Waals surface area contributed by atoms with Crippen molar-refractivity contribution in [2.45, 2.75) is 75.6 Å². The van der Waals surface area contributed by atoms with E-state index in [2.05, 4.69) is 63.7 Å². The number of hydrogen-bond donors (Lipinski definition) is 0. The van der Waals surface area contributed by atoms with E-state index in [0.29, 0.717) is 0 Å². The molecule has 1 aliphatic heterocycles. The molecule has 0 unspecified atom stereocenters. The molecule has 3 rings (SSSR count). The molecule has 1 aliphatic carbocycles. The normalized spacial score (nSPS) is 24.1. The maximum Gasteiger partial charge on any atom is 0.494 e. The fourth-order valence-electron chi connectivity index (χ4n) is 3.02. The van der Waals surface area contributed by atoms with Crippen LogP contribution in [0.5, 0.6) is 0 Å². The first kappa shape index (κ1) is 16.4. The molecule has 1 saturated carbocycles. The van der Waals surface area contributed by atoms with Gasteiger partial charge in [0.15, 0.2) is 0 Å². The minimum Gasteiger partial charge on any atom is -0.399 e. The quantitative estimate of drug-likeness (QED) is 0.777. The van der Waals surface area contributed by atoms with E-state index in [-0.39, 0.29) is 18.3 Å². The fourth-order valence-corrected chi connectivity index (χ4v) is 4.31. The largest absolute Gasteiger partial charge is 0.494 e. The molecule has 1 aromatic carbocycles. The second-order valence-corrected chi connectivity index (χ2v) is 8.84. The first-order valence-corrected chi connectivity index (χ1v) is 9.48. The van der Waals surface area contributed by atoms with Crippen molar-refractivity contribution in [2.75, 3.05) is 0 Å². The van der Waals surface area contributed by atoms with Crippen LogP contribution in [0.3, 0.4) is 0 Å². The van der Waals surface area contributed by atoms with Crippen LogP contribution < -0.4 is 5.46 Å². The topological polar surface area (TPSA) is 18.5 Å². The lowest BCUT2D eigenvalue weighted by Gasteiger charge is -2.32. The lowest BCUT2D eigenvalue weighted by molar-refractivity contribution is 0.00578. The van der Waals surface area contributed by atoms with Crippen molar-refractivity contribution in [1.82, 2.24) is 0 Å². The zero-order valence-electron chi connectivity index (χ0n) is 14.2. The third-order valence-electron chi connectivity index (χ3n) is 5.29. The molecule has 120 valence electrons. The molecular formula is C18H27BO2S. The summed E-state index contributed by atoms with van der Waals surface area (Å²) in [4.78, 5) is 0. The molecule has 0 bridgehead atoms.